The second kappa shape index (κ2) is 9.19. The van der Waals surface area contributed by atoms with Crippen LogP contribution in [0.5, 0.6) is 0 Å². The quantitative estimate of drug-likeness (QED) is 0.477. The molecule has 7 nitrogen and oxygen atoms in total. The van der Waals surface area contributed by atoms with Crippen LogP contribution in [-0.2, 0) is 17.9 Å². The number of likely N-dealkylation sites (tertiary alicyclic amines) is 1. The van der Waals surface area contributed by atoms with Crippen LogP contribution in [0.1, 0.15) is 25.3 Å². The number of para-hydroxylation sites is 1. The Labute approximate surface area is 192 Å². The van der Waals surface area contributed by atoms with E-state index in [1.54, 1.807) is 6.20 Å². The van der Waals surface area contributed by atoms with Crippen LogP contribution in [0.2, 0.25) is 0 Å². The van der Waals surface area contributed by atoms with Crippen molar-refractivity contribution >= 4 is 27.7 Å². The Morgan fingerprint density at radius 1 is 1.09 bits per heavy atom. The summed E-state index contributed by atoms with van der Waals surface area (Å²) in [6.07, 6.45) is 3.97. The lowest BCUT2D eigenvalue weighted by molar-refractivity contribution is -0.122. The van der Waals surface area contributed by atoms with Crippen LogP contribution in [0.4, 0.5) is 0 Å². The SMILES string of the molecule is CCN1CCC[C@@H]1CNC(=O)Cn1ncc2c3ccccc3n(Cc3ccccc3)c2c1=O. The molecule has 2 aromatic heterocycles. The summed E-state index contributed by atoms with van der Waals surface area (Å²) in [4.78, 5) is 28.5. The summed E-state index contributed by atoms with van der Waals surface area (Å²) in [7, 11) is 0. The number of carbonyl (C=O) groups excluding carboxylic acids is 1. The van der Waals surface area contributed by atoms with Crippen molar-refractivity contribution in [2.45, 2.75) is 38.9 Å². The Morgan fingerprint density at radius 3 is 2.70 bits per heavy atom. The zero-order valence-electron chi connectivity index (χ0n) is 18.9. The van der Waals surface area contributed by atoms with Gasteiger partial charge in [-0.15, -0.1) is 0 Å². The number of nitrogens with one attached hydrogen (secondary N) is 1. The van der Waals surface area contributed by atoms with Crippen molar-refractivity contribution < 1.29 is 4.79 Å². The van der Waals surface area contributed by atoms with E-state index >= 15 is 0 Å². The fourth-order valence-corrected chi connectivity index (χ4v) is 5.00. The number of hydrogen-bond donors (Lipinski definition) is 1. The third kappa shape index (κ3) is 4.16. The lowest BCUT2D eigenvalue weighted by Gasteiger charge is -2.22. The molecule has 33 heavy (non-hydrogen) atoms. The Balaban J connectivity index is 1.45. The molecule has 4 aromatic rings. The zero-order chi connectivity index (χ0) is 22.8. The van der Waals surface area contributed by atoms with Crippen LogP contribution in [0, 0.1) is 0 Å². The van der Waals surface area contributed by atoms with Gasteiger partial charge in [0.15, 0.2) is 0 Å². The maximum atomic E-state index is 13.5. The first-order valence-corrected chi connectivity index (χ1v) is 11.7. The summed E-state index contributed by atoms with van der Waals surface area (Å²) < 4.78 is 3.32. The number of amides is 1. The predicted octanol–water partition coefficient (Wildman–Crippen LogP) is 3.00. The van der Waals surface area contributed by atoms with Crippen LogP contribution in [-0.4, -0.2) is 50.8 Å². The number of nitrogens with zero attached hydrogens (tertiary/aromatic N) is 4. The highest BCUT2D eigenvalue weighted by atomic mass is 16.2. The molecule has 3 heterocycles. The van der Waals surface area contributed by atoms with Gasteiger partial charge in [-0.1, -0.05) is 55.5 Å². The van der Waals surface area contributed by atoms with Crippen molar-refractivity contribution in [3.8, 4) is 0 Å². The maximum absolute atomic E-state index is 13.5. The maximum Gasteiger partial charge on any atom is 0.291 e. The third-order valence-corrected chi connectivity index (χ3v) is 6.69. The van der Waals surface area contributed by atoms with E-state index in [4.69, 9.17) is 0 Å². The summed E-state index contributed by atoms with van der Waals surface area (Å²) in [6, 6.07) is 18.4. The second-order valence-electron chi connectivity index (χ2n) is 8.69. The first-order valence-electron chi connectivity index (χ1n) is 11.7. The Bertz CT molecular complexity index is 1340. The zero-order valence-corrected chi connectivity index (χ0v) is 18.9. The predicted molar refractivity (Wildman–Crippen MR) is 130 cm³/mol. The molecule has 7 heteroatoms. The van der Waals surface area contributed by atoms with E-state index in [0.29, 0.717) is 24.6 Å². The highest BCUT2D eigenvalue weighted by Gasteiger charge is 2.23. The molecule has 5 rings (SSSR count). The fraction of sp³-hybridized carbons (Fsp3) is 0.346. The molecule has 0 unspecified atom stereocenters. The van der Waals surface area contributed by atoms with Crippen molar-refractivity contribution in [3.05, 3.63) is 76.7 Å². The molecular weight excluding hydrogens is 414 g/mol. The fourth-order valence-electron chi connectivity index (χ4n) is 5.00. The molecule has 1 saturated heterocycles. The number of likely N-dealkylation sites (N-methyl/N-ethyl adjacent to an activating group) is 1. The molecular formula is C26H29N5O2. The van der Waals surface area contributed by atoms with Gasteiger partial charge in [-0.25, -0.2) is 4.68 Å². The molecule has 1 atom stereocenters. The minimum Gasteiger partial charge on any atom is -0.353 e. The summed E-state index contributed by atoms with van der Waals surface area (Å²) >= 11 is 0. The van der Waals surface area contributed by atoms with E-state index in [2.05, 4.69) is 34.4 Å². The monoisotopic (exact) mass is 443 g/mol. The average molecular weight is 444 g/mol. The van der Waals surface area contributed by atoms with Gasteiger partial charge in [0.25, 0.3) is 5.56 Å². The standard InChI is InChI=1S/C26H29N5O2/c1-2-29-14-8-11-20(29)15-27-24(32)18-31-26(33)25-22(16-28-31)21-12-6-7-13-23(21)30(25)17-19-9-4-3-5-10-19/h3-7,9-10,12-13,16,20H,2,8,11,14-15,17-18H2,1H3,(H,27,32)/t20-/m1/s1. The number of hydrogen-bond acceptors (Lipinski definition) is 4. The minimum absolute atomic E-state index is 0.0829. The van der Waals surface area contributed by atoms with Crippen LogP contribution >= 0.6 is 0 Å². The lowest BCUT2D eigenvalue weighted by atomic mass is 10.2. The number of aromatic nitrogens is 3. The van der Waals surface area contributed by atoms with Gasteiger partial charge < -0.3 is 9.88 Å². The Hall–Kier alpha value is -3.45. The molecule has 0 bridgehead atoms. The van der Waals surface area contributed by atoms with Gasteiger partial charge in [-0.3, -0.25) is 14.5 Å². The molecule has 1 aliphatic heterocycles. The first-order chi connectivity index (χ1) is 16.2. The molecule has 170 valence electrons. The smallest absolute Gasteiger partial charge is 0.291 e. The van der Waals surface area contributed by atoms with Gasteiger partial charge in [0.1, 0.15) is 12.1 Å². The highest BCUT2D eigenvalue weighted by Crippen LogP contribution is 2.27. The van der Waals surface area contributed by atoms with Crippen LogP contribution in [0.25, 0.3) is 21.8 Å². The minimum atomic E-state index is -0.245. The largest absolute Gasteiger partial charge is 0.353 e. The molecule has 0 aliphatic carbocycles. The third-order valence-electron chi connectivity index (χ3n) is 6.69. The second-order valence-corrected chi connectivity index (χ2v) is 8.69. The van der Waals surface area contributed by atoms with E-state index in [-0.39, 0.29) is 18.0 Å². The van der Waals surface area contributed by atoms with Crippen LogP contribution < -0.4 is 10.9 Å². The Kier molecular flexibility index (Phi) is 5.96. The van der Waals surface area contributed by atoms with Gasteiger partial charge in [0.05, 0.1) is 6.20 Å². The van der Waals surface area contributed by atoms with Gasteiger partial charge >= 0.3 is 0 Å². The lowest BCUT2D eigenvalue weighted by Crippen LogP contribution is -2.42. The first kappa shape index (κ1) is 21.4. The number of rotatable bonds is 7. The van der Waals surface area contributed by atoms with Crippen molar-refractivity contribution in [1.29, 1.82) is 0 Å². The Morgan fingerprint density at radius 2 is 1.88 bits per heavy atom. The van der Waals surface area contributed by atoms with Gasteiger partial charge in [-0.05, 0) is 37.6 Å². The normalized spacial score (nSPS) is 16.6. The number of carbonyl (C=O) groups is 1. The summed E-state index contributed by atoms with van der Waals surface area (Å²) in [5.41, 5.74) is 2.43. The molecule has 1 N–H and O–H groups in total. The van der Waals surface area contributed by atoms with E-state index in [1.165, 1.54) is 4.68 Å². The molecule has 1 fully saturated rings. The topological polar surface area (TPSA) is 72.2 Å². The van der Waals surface area contributed by atoms with E-state index in [9.17, 15) is 9.59 Å². The highest BCUT2D eigenvalue weighted by molar-refractivity contribution is 6.07. The van der Waals surface area contributed by atoms with Crippen molar-refractivity contribution in [2.24, 2.45) is 0 Å². The summed E-state index contributed by atoms with van der Waals surface area (Å²) in [5, 5.41) is 9.16. The van der Waals surface area contributed by atoms with Crippen LogP contribution in [0.15, 0.2) is 65.6 Å². The van der Waals surface area contributed by atoms with E-state index < -0.39 is 0 Å². The molecule has 1 amide bonds. The van der Waals surface area contributed by atoms with Crippen molar-refractivity contribution in [1.82, 2.24) is 24.6 Å². The summed E-state index contributed by atoms with van der Waals surface area (Å²) in [6.45, 7) is 5.32. The van der Waals surface area contributed by atoms with Crippen molar-refractivity contribution in [2.75, 3.05) is 19.6 Å². The van der Waals surface area contributed by atoms with E-state index in [1.807, 2.05) is 47.0 Å². The van der Waals surface area contributed by atoms with Crippen molar-refractivity contribution in [3.63, 3.8) is 0 Å². The number of benzene rings is 2. The molecule has 0 spiro atoms. The number of fused-ring (bicyclic) bond motifs is 3. The molecule has 2 aromatic carbocycles. The molecule has 1 aliphatic rings. The molecule has 0 radical (unpaired) electrons. The molecule has 0 saturated carbocycles. The summed E-state index contributed by atoms with van der Waals surface area (Å²) in [5.74, 6) is -0.183. The van der Waals surface area contributed by atoms with Gasteiger partial charge in [0.2, 0.25) is 5.91 Å². The van der Waals surface area contributed by atoms with E-state index in [0.717, 1.165) is 47.8 Å². The van der Waals surface area contributed by atoms with Crippen LogP contribution in [0.3, 0.4) is 0 Å². The average Bonchev–Trinajstić information content (AvgIpc) is 3.43. The van der Waals surface area contributed by atoms with Gasteiger partial charge in [0, 0.05) is 35.4 Å². The van der Waals surface area contributed by atoms with Gasteiger partial charge in [-0.2, -0.15) is 5.10 Å².